The van der Waals surface area contributed by atoms with E-state index < -0.39 is 0 Å². The molecule has 3 heteroatoms. The molecule has 0 aromatic heterocycles. The summed E-state index contributed by atoms with van der Waals surface area (Å²) in [6.45, 7) is 3.50. The smallest absolute Gasteiger partial charge is 0.0593 e. The summed E-state index contributed by atoms with van der Waals surface area (Å²) in [5.41, 5.74) is 0. The molecule has 3 unspecified atom stereocenters. The topological polar surface area (TPSA) is 52.5 Å². The fourth-order valence-electron chi connectivity index (χ4n) is 1.59. The minimum atomic E-state index is -0.297. The second kappa shape index (κ2) is 4.04. The van der Waals surface area contributed by atoms with Gasteiger partial charge < -0.3 is 15.5 Å². The monoisotopic (exact) mass is 159 g/mol. The van der Waals surface area contributed by atoms with E-state index in [9.17, 15) is 5.11 Å². The Balaban J connectivity index is 2.29. The summed E-state index contributed by atoms with van der Waals surface area (Å²) in [4.78, 5) is 0. The van der Waals surface area contributed by atoms with E-state index in [1.165, 1.54) is 0 Å². The van der Waals surface area contributed by atoms with E-state index in [1.54, 1.807) is 6.92 Å². The lowest BCUT2D eigenvalue weighted by Crippen LogP contribution is -2.41. The lowest BCUT2D eigenvalue weighted by Gasteiger charge is -2.29. The molecule has 0 aromatic carbocycles. The highest BCUT2D eigenvalue weighted by atomic mass is 16.3. The molecule has 0 aromatic rings. The Morgan fingerprint density at radius 3 is 2.91 bits per heavy atom. The molecule has 3 nitrogen and oxygen atoms in total. The van der Waals surface area contributed by atoms with Gasteiger partial charge in [0, 0.05) is 6.54 Å². The van der Waals surface area contributed by atoms with Gasteiger partial charge in [0.25, 0.3) is 0 Å². The van der Waals surface area contributed by atoms with Crippen molar-refractivity contribution in [2.45, 2.75) is 32.0 Å². The highest BCUT2D eigenvalue weighted by Crippen LogP contribution is 2.16. The zero-order valence-corrected chi connectivity index (χ0v) is 6.95. The largest absolute Gasteiger partial charge is 0.393 e. The lowest BCUT2D eigenvalue weighted by molar-refractivity contribution is 0.0463. The van der Waals surface area contributed by atoms with E-state index in [2.05, 4.69) is 5.32 Å². The van der Waals surface area contributed by atoms with Crippen molar-refractivity contribution < 1.29 is 10.2 Å². The van der Waals surface area contributed by atoms with Gasteiger partial charge in [0.1, 0.15) is 0 Å². The molecule has 66 valence electrons. The molecular formula is C8H17NO2. The summed E-state index contributed by atoms with van der Waals surface area (Å²) >= 11 is 0. The minimum absolute atomic E-state index is 0.217. The first-order chi connectivity index (χ1) is 5.20. The SMILES string of the molecule is CC(O)CC1CNCCC1O. The summed E-state index contributed by atoms with van der Waals surface area (Å²) in [5.74, 6) is 0.240. The molecule has 0 aliphatic carbocycles. The fraction of sp³-hybridized carbons (Fsp3) is 1.00. The average Bonchev–Trinajstić information content (AvgIpc) is 1.93. The van der Waals surface area contributed by atoms with Crippen LogP contribution in [0.4, 0.5) is 0 Å². The minimum Gasteiger partial charge on any atom is -0.393 e. The quantitative estimate of drug-likeness (QED) is 0.520. The van der Waals surface area contributed by atoms with Crippen LogP contribution in [0.25, 0.3) is 0 Å². The molecule has 11 heavy (non-hydrogen) atoms. The van der Waals surface area contributed by atoms with Crippen LogP contribution in [0.3, 0.4) is 0 Å². The Morgan fingerprint density at radius 2 is 2.36 bits per heavy atom. The molecule has 1 aliphatic rings. The van der Waals surface area contributed by atoms with Crippen LogP contribution in [0.15, 0.2) is 0 Å². The number of hydrogen-bond acceptors (Lipinski definition) is 3. The molecule has 3 N–H and O–H groups in total. The standard InChI is InChI=1S/C8H17NO2/c1-6(10)4-7-5-9-3-2-8(7)11/h6-11H,2-5H2,1H3. The van der Waals surface area contributed by atoms with Gasteiger partial charge >= 0.3 is 0 Å². The van der Waals surface area contributed by atoms with Crippen LogP contribution < -0.4 is 5.32 Å². The van der Waals surface area contributed by atoms with Gasteiger partial charge in [-0.3, -0.25) is 0 Å². The summed E-state index contributed by atoms with van der Waals surface area (Å²) < 4.78 is 0. The summed E-state index contributed by atoms with van der Waals surface area (Å²) in [7, 11) is 0. The Bertz CT molecular complexity index is 117. The van der Waals surface area contributed by atoms with Gasteiger partial charge in [-0.15, -0.1) is 0 Å². The summed E-state index contributed by atoms with van der Waals surface area (Å²) in [6, 6.07) is 0. The number of aliphatic hydroxyl groups is 2. The van der Waals surface area contributed by atoms with Crippen LogP contribution in [0, 0.1) is 5.92 Å². The van der Waals surface area contributed by atoms with Gasteiger partial charge in [-0.25, -0.2) is 0 Å². The fourth-order valence-corrected chi connectivity index (χ4v) is 1.59. The highest BCUT2D eigenvalue weighted by molar-refractivity contribution is 4.78. The van der Waals surface area contributed by atoms with E-state index in [0.717, 1.165) is 19.5 Å². The van der Waals surface area contributed by atoms with Gasteiger partial charge in [0.15, 0.2) is 0 Å². The second-order valence-electron chi connectivity index (χ2n) is 3.40. The van der Waals surface area contributed by atoms with Crippen molar-refractivity contribution in [3.63, 3.8) is 0 Å². The molecular weight excluding hydrogens is 142 g/mol. The third-order valence-corrected chi connectivity index (χ3v) is 2.21. The maximum Gasteiger partial charge on any atom is 0.0593 e. The number of aliphatic hydroxyl groups excluding tert-OH is 2. The van der Waals surface area contributed by atoms with Crippen LogP contribution in [-0.4, -0.2) is 35.5 Å². The molecule has 0 amide bonds. The first-order valence-corrected chi connectivity index (χ1v) is 4.27. The highest BCUT2D eigenvalue weighted by Gasteiger charge is 2.23. The zero-order chi connectivity index (χ0) is 8.27. The van der Waals surface area contributed by atoms with Gasteiger partial charge in [-0.05, 0) is 32.2 Å². The van der Waals surface area contributed by atoms with Crippen molar-refractivity contribution in [2.24, 2.45) is 5.92 Å². The van der Waals surface area contributed by atoms with Crippen LogP contribution in [0.1, 0.15) is 19.8 Å². The first kappa shape index (κ1) is 8.97. The Hall–Kier alpha value is -0.120. The molecule has 1 rings (SSSR count). The van der Waals surface area contributed by atoms with Crippen molar-refractivity contribution in [3.8, 4) is 0 Å². The van der Waals surface area contributed by atoms with Crippen molar-refractivity contribution >= 4 is 0 Å². The third kappa shape index (κ3) is 2.77. The van der Waals surface area contributed by atoms with Crippen LogP contribution >= 0.6 is 0 Å². The van der Waals surface area contributed by atoms with Crippen molar-refractivity contribution in [2.75, 3.05) is 13.1 Å². The Morgan fingerprint density at radius 1 is 1.64 bits per heavy atom. The average molecular weight is 159 g/mol. The van der Waals surface area contributed by atoms with Crippen LogP contribution in [0.5, 0.6) is 0 Å². The molecule has 0 spiro atoms. The van der Waals surface area contributed by atoms with Gasteiger partial charge in [0.2, 0.25) is 0 Å². The molecule has 3 atom stereocenters. The van der Waals surface area contributed by atoms with E-state index in [4.69, 9.17) is 5.11 Å². The lowest BCUT2D eigenvalue weighted by atomic mass is 9.91. The molecule has 1 fully saturated rings. The first-order valence-electron chi connectivity index (χ1n) is 4.27. The Kier molecular flexibility index (Phi) is 3.30. The van der Waals surface area contributed by atoms with Crippen LogP contribution in [-0.2, 0) is 0 Å². The van der Waals surface area contributed by atoms with E-state index >= 15 is 0 Å². The van der Waals surface area contributed by atoms with Crippen LogP contribution in [0.2, 0.25) is 0 Å². The molecule has 0 saturated carbocycles. The van der Waals surface area contributed by atoms with Crippen molar-refractivity contribution in [1.82, 2.24) is 5.32 Å². The molecule has 0 radical (unpaired) electrons. The molecule has 1 aliphatic heterocycles. The normalized spacial score (nSPS) is 35.2. The zero-order valence-electron chi connectivity index (χ0n) is 6.95. The van der Waals surface area contributed by atoms with Gasteiger partial charge in [-0.1, -0.05) is 0 Å². The number of piperidine rings is 1. The van der Waals surface area contributed by atoms with Gasteiger partial charge in [0.05, 0.1) is 12.2 Å². The Labute approximate surface area is 67.4 Å². The van der Waals surface area contributed by atoms with Gasteiger partial charge in [-0.2, -0.15) is 0 Å². The number of hydrogen-bond donors (Lipinski definition) is 3. The maximum atomic E-state index is 9.47. The number of rotatable bonds is 2. The molecule has 1 heterocycles. The van der Waals surface area contributed by atoms with E-state index in [1.807, 2.05) is 0 Å². The maximum absolute atomic E-state index is 9.47. The third-order valence-electron chi connectivity index (χ3n) is 2.21. The van der Waals surface area contributed by atoms with E-state index in [0.29, 0.717) is 6.42 Å². The van der Waals surface area contributed by atoms with Crippen molar-refractivity contribution in [3.05, 3.63) is 0 Å². The predicted molar refractivity (Wildman–Crippen MR) is 43.3 cm³/mol. The molecule has 1 saturated heterocycles. The summed E-state index contributed by atoms with van der Waals surface area (Å²) in [5, 5.41) is 21.7. The summed E-state index contributed by atoms with van der Waals surface area (Å²) in [6.07, 6.45) is 1.01. The predicted octanol–water partition coefficient (Wildman–Crippen LogP) is -0.272. The van der Waals surface area contributed by atoms with E-state index in [-0.39, 0.29) is 18.1 Å². The second-order valence-corrected chi connectivity index (χ2v) is 3.40. The van der Waals surface area contributed by atoms with Crippen molar-refractivity contribution in [1.29, 1.82) is 0 Å². The number of nitrogens with one attached hydrogen (secondary N) is 1. The molecule has 0 bridgehead atoms.